The largest absolute Gasteiger partial charge is 0.496 e. The number of benzene rings is 2. The molecule has 2 aromatic carbocycles. The third-order valence-electron chi connectivity index (χ3n) is 6.30. The number of rotatable bonds is 6. The predicted octanol–water partition coefficient (Wildman–Crippen LogP) is 5.28. The summed E-state index contributed by atoms with van der Waals surface area (Å²) in [7, 11) is 1.67. The Morgan fingerprint density at radius 2 is 1.81 bits per heavy atom. The predicted molar refractivity (Wildman–Crippen MR) is 148 cm³/mol. The van der Waals surface area contributed by atoms with E-state index in [1.165, 1.54) is 11.3 Å². The summed E-state index contributed by atoms with van der Waals surface area (Å²) in [5.74, 6) is 0.599. The number of halogens is 1. The van der Waals surface area contributed by atoms with Crippen molar-refractivity contribution in [1.29, 1.82) is 0 Å². The van der Waals surface area contributed by atoms with E-state index in [0.29, 0.717) is 25.6 Å². The topological polar surface area (TPSA) is 69.9 Å². The first kappa shape index (κ1) is 26.9. The van der Waals surface area contributed by atoms with Gasteiger partial charge in [0.25, 0.3) is 5.56 Å². The van der Waals surface area contributed by atoms with Crippen LogP contribution in [0.4, 0.5) is 0 Å². The number of ether oxygens (including phenoxy) is 2. The van der Waals surface area contributed by atoms with Gasteiger partial charge in [-0.25, -0.2) is 9.79 Å². The van der Waals surface area contributed by atoms with Gasteiger partial charge in [-0.15, -0.1) is 0 Å². The van der Waals surface area contributed by atoms with E-state index >= 15 is 0 Å². The summed E-state index contributed by atoms with van der Waals surface area (Å²) in [5.41, 5.74) is 4.42. The maximum atomic E-state index is 13.9. The number of aromatic nitrogens is 1. The molecule has 1 aliphatic rings. The molecule has 0 bridgehead atoms. The number of nitrogens with zero attached hydrogens (tertiary/aromatic N) is 2. The van der Waals surface area contributed by atoms with Crippen molar-refractivity contribution in [3.05, 3.63) is 94.6 Å². The number of carbonyl (C=O) groups excluding carboxylic acids is 1. The van der Waals surface area contributed by atoms with Crippen molar-refractivity contribution in [2.75, 3.05) is 7.11 Å². The number of carbonyl (C=O) groups is 1. The Morgan fingerprint density at radius 1 is 1.14 bits per heavy atom. The van der Waals surface area contributed by atoms with Gasteiger partial charge in [0.1, 0.15) is 5.75 Å². The third kappa shape index (κ3) is 5.29. The third-order valence-corrected chi connectivity index (χ3v) is 7.53. The lowest BCUT2D eigenvalue weighted by molar-refractivity contribution is -0.143. The van der Waals surface area contributed by atoms with Gasteiger partial charge in [0, 0.05) is 5.02 Å². The number of fused-ring (bicyclic) bond motifs is 1. The van der Waals surface area contributed by atoms with E-state index in [9.17, 15) is 9.59 Å². The maximum absolute atomic E-state index is 13.9. The summed E-state index contributed by atoms with van der Waals surface area (Å²) in [6, 6.07) is 10.6. The average molecular weight is 539 g/mol. The molecule has 0 saturated carbocycles. The lowest BCUT2D eigenvalue weighted by atomic mass is 9.95. The molecule has 4 rings (SSSR count). The molecule has 2 heterocycles. The van der Waals surface area contributed by atoms with E-state index in [2.05, 4.69) is 24.9 Å². The van der Waals surface area contributed by atoms with Gasteiger partial charge < -0.3 is 9.47 Å². The molecule has 0 N–H and O–H groups in total. The Balaban J connectivity index is 1.95. The molecule has 0 aliphatic carbocycles. The number of hydrogen-bond donors (Lipinski definition) is 0. The van der Waals surface area contributed by atoms with Crippen LogP contribution in [0.3, 0.4) is 0 Å². The van der Waals surface area contributed by atoms with Crippen LogP contribution in [0.15, 0.2) is 57.5 Å². The smallest absolute Gasteiger partial charge is 0.338 e. The van der Waals surface area contributed by atoms with E-state index in [1.807, 2.05) is 31.2 Å². The lowest BCUT2D eigenvalue weighted by Gasteiger charge is -2.25. The first-order valence-electron chi connectivity index (χ1n) is 12.2. The fraction of sp³-hybridized carbons (Fsp3) is 0.345. The summed E-state index contributed by atoms with van der Waals surface area (Å²) in [4.78, 5) is 32.3. The first-order chi connectivity index (χ1) is 17.5. The second-order valence-corrected chi connectivity index (χ2v) is 11.1. The molecule has 37 heavy (non-hydrogen) atoms. The van der Waals surface area contributed by atoms with Crippen molar-refractivity contribution in [2.45, 2.75) is 59.6 Å². The molecule has 1 aliphatic heterocycles. The van der Waals surface area contributed by atoms with Crippen LogP contribution in [0.25, 0.3) is 6.08 Å². The fourth-order valence-corrected chi connectivity index (χ4v) is 5.62. The minimum Gasteiger partial charge on any atom is -0.496 e. The van der Waals surface area contributed by atoms with Crippen LogP contribution in [-0.2, 0) is 9.53 Å². The molecule has 0 unspecified atom stereocenters. The van der Waals surface area contributed by atoms with Crippen LogP contribution in [0, 0.1) is 6.92 Å². The molecule has 0 spiro atoms. The summed E-state index contributed by atoms with van der Waals surface area (Å²) in [5, 5.41) is 0.569. The Hall–Kier alpha value is -3.16. The van der Waals surface area contributed by atoms with Crippen LogP contribution < -0.4 is 19.6 Å². The van der Waals surface area contributed by atoms with Crippen LogP contribution in [0.1, 0.15) is 68.8 Å². The molecule has 194 valence electrons. The van der Waals surface area contributed by atoms with Crippen molar-refractivity contribution in [3.63, 3.8) is 0 Å². The Morgan fingerprint density at radius 3 is 2.41 bits per heavy atom. The van der Waals surface area contributed by atoms with E-state index in [1.54, 1.807) is 44.6 Å². The van der Waals surface area contributed by atoms with Gasteiger partial charge in [-0.3, -0.25) is 9.36 Å². The summed E-state index contributed by atoms with van der Waals surface area (Å²) in [6.45, 7) is 11.6. The van der Waals surface area contributed by atoms with Gasteiger partial charge >= 0.3 is 5.97 Å². The minimum atomic E-state index is -0.676. The molecular weight excluding hydrogens is 508 g/mol. The van der Waals surface area contributed by atoms with Crippen molar-refractivity contribution in [2.24, 2.45) is 4.99 Å². The fourth-order valence-electron chi connectivity index (χ4n) is 4.46. The van der Waals surface area contributed by atoms with Gasteiger partial charge in [-0.2, -0.15) is 0 Å². The molecule has 3 aromatic rings. The summed E-state index contributed by atoms with van der Waals surface area (Å²) < 4.78 is 13.3. The number of esters is 1. The number of allylic oxidation sites excluding steroid dienone is 1. The number of methoxy groups -OCH3 is 1. The molecule has 1 aromatic heterocycles. The van der Waals surface area contributed by atoms with E-state index in [-0.39, 0.29) is 17.6 Å². The summed E-state index contributed by atoms with van der Waals surface area (Å²) >= 11 is 7.45. The van der Waals surface area contributed by atoms with Crippen LogP contribution >= 0.6 is 22.9 Å². The van der Waals surface area contributed by atoms with E-state index < -0.39 is 12.0 Å². The highest BCUT2D eigenvalue weighted by molar-refractivity contribution is 7.07. The zero-order chi connectivity index (χ0) is 27.0. The van der Waals surface area contributed by atoms with Crippen LogP contribution in [-0.4, -0.2) is 23.8 Å². The highest BCUT2D eigenvalue weighted by Gasteiger charge is 2.33. The van der Waals surface area contributed by atoms with Crippen molar-refractivity contribution < 1.29 is 14.3 Å². The van der Waals surface area contributed by atoms with Crippen LogP contribution in [0.5, 0.6) is 5.75 Å². The Bertz CT molecular complexity index is 1560. The molecule has 1 atom stereocenters. The maximum Gasteiger partial charge on any atom is 0.338 e. The Kier molecular flexibility index (Phi) is 7.76. The highest BCUT2D eigenvalue weighted by atomic mass is 35.5. The minimum absolute atomic E-state index is 0.215. The summed E-state index contributed by atoms with van der Waals surface area (Å²) in [6.07, 6.45) is 1.59. The second kappa shape index (κ2) is 10.7. The highest BCUT2D eigenvalue weighted by Crippen LogP contribution is 2.32. The molecule has 0 radical (unpaired) electrons. The van der Waals surface area contributed by atoms with Crippen LogP contribution in [0.2, 0.25) is 5.02 Å². The monoisotopic (exact) mass is 538 g/mol. The molecular formula is C29H31ClN2O4S. The second-order valence-electron chi connectivity index (χ2n) is 9.69. The van der Waals surface area contributed by atoms with Crippen molar-refractivity contribution in [3.8, 4) is 5.75 Å². The lowest BCUT2D eigenvalue weighted by Crippen LogP contribution is -2.40. The molecule has 0 fully saturated rings. The van der Waals surface area contributed by atoms with E-state index in [4.69, 9.17) is 21.1 Å². The number of thiazole rings is 1. The Labute approximate surface area is 225 Å². The number of hydrogen-bond acceptors (Lipinski definition) is 6. The van der Waals surface area contributed by atoms with Gasteiger partial charge in [-0.05, 0) is 86.2 Å². The van der Waals surface area contributed by atoms with Gasteiger partial charge in [0.05, 0.1) is 35.1 Å². The van der Waals surface area contributed by atoms with Gasteiger partial charge in [0.2, 0.25) is 0 Å². The van der Waals surface area contributed by atoms with Crippen molar-refractivity contribution >= 4 is 35.0 Å². The number of aryl methyl sites for hydroxylation is 1. The molecule has 8 heteroatoms. The first-order valence-corrected chi connectivity index (χ1v) is 13.4. The zero-order valence-electron chi connectivity index (χ0n) is 22.1. The molecule has 6 nitrogen and oxygen atoms in total. The molecule has 0 saturated heterocycles. The standard InChI is InChI=1S/C29H31ClN2O4S/c1-15(2)22-13-20(17(5)12-23(22)35-7)14-24-27(33)32-26(19-8-10-21(30)11-9-19)25(28(34)36-16(3)4)18(6)31-29(32)37-24/h8-16,26H,1-7H3/b24-14+/t26-/m0/s1. The average Bonchev–Trinajstić information content (AvgIpc) is 3.13. The zero-order valence-corrected chi connectivity index (χ0v) is 23.7. The quantitative estimate of drug-likeness (QED) is 0.400. The normalized spacial score (nSPS) is 15.7. The van der Waals surface area contributed by atoms with Gasteiger partial charge in [-0.1, -0.05) is 48.9 Å². The SMILES string of the molecule is COc1cc(C)c(/C=c2/sc3n(c2=O)[C@@H](c2ccc(Cl)cc2)C(C(=O)OC(C)C)=C(C)N=3)cc1C(C)C. The molecule has 0 amide bonds. The van der Waals surface area contributed by atoms with E-state index in [0.717, 1.165) is 28.0 Å². The van der Waals surface area contributed by atoms with Crippen molar-refractivity contribution in [1.82, 2.24) is 4.57 Å². The van der Waals surface area contributed by atoms with Gasteiger partial charge in [0.15, 0.2) is 4.80 Å².